The zero-order valence-electron chi connectivity index (χ0n) is 18.6. The van der Waals surface area contributed by atoms with Crippen molar-refractivity contribution in [1.29, 1.82) is 0 Å². The van der Waals surface area contributed by atoms with Crippen LogP contribution in [0.15, 0.2) is 84.5 Å². The number of anilines is 2. The third kappa shape index (κ3) is 6.37. The van der Waals surface area contributed by atoms with Crippen LogP contribution in [-0.4, -0.2) is 16.1 Å². The topological polar surface area (TPSA) is 58.2 Å². The van der Waals surface area contributed by atoms with E-state index >= 15 is 0 Å². The highest BCUT2D eigenvalue weighted by Crippen LogP contribution is 2.61. The monoisotopic (exact) mass is 570 g/mol. The molecule has 2 aromatic carbocycles. The lowest BCUT2D eigenvalue weighted by Gasteiger charge is -2.11. The molecule has 2 N–H and O–H groups in total. The standard InChI is InChI=1S/C26H20Cl4F2N2O2/c1-3-5-14(4-2)19(27)10-8-18-23(26(18,29)30)25(36)33-16-7-9-20(28)17(13-16)24(35)34-22-11-6-15(31)12-21(22)32/h3-7,9-13,18,23H,1-2,8H2,(H,33,36)(H,34,35)/b14-5-,19-10+. The molecule has 1 fully saturated rings. The van der Waals surface area contributed by atoms with Gasteiger partial charge in [0.05, 0.1) is 22.2 Å². The fraction of sp³-hybridized carbons (Fsp3) is 0.154. The molecular formula is C26H20Cl4F2N2O2. The van der Waals surface area contributed by atoms with Crippen LogP contribution < -0.4 is 10.6 Å². The molecule has 2 unspecified atom stereocenters. The second-order valence-corrected chi connectivity index (χ2v) is 10.1. The number of benzene rings is 2. The number of allylic oxidation sites excluding steroid dienone is 6. The van der Waals surface area contributed by atoms with E-state index in [0.717, 1.165) is 12.1 Å². The van der Waals surface area contributed by atoms with Gasteiger partial charge in [-0.1, -0.05) is 60.7 Å². The van der Waals surface area contributed by atoms with Gasteiger partial charge in [-0.2, -0.15) is 0 Å². The third-order valence-corrected chi connectivity index (χ3v) is 7.22. The van der Waals surface area contributed by atoms with E-state index in [1.165, 1.54) is 18.2 Å². The van der Waals surface area contributed by atoms with Gasteiger partial charge in [0.25, 0.3) is 5.91 Å². The van der Waals surface area contributed by atoms with Crippen LogP contribution in [0.4, 0.5) is 20.2 Å². The largest absolute Gasteiger partial charge is 0.326 e. The zero-order valence-corrected chi connectivity index (χ0v) is 21.7. The second-order valence-electron chi connectivity index (χ2n) is 7.87. The van der Waals surface area contributed by atoms with Crippen molar-refractivity contribution in [3.63, 3.8) is 0 Å². The number of carbonyl (C=O) groups is 2. The van der Waals surface area contributed by atoms with Crippen molar-refractivity contribution in [3.05, 3.63) is 107 Å². The van der Waals surface area contributed by atoms with E-state index in [0.29, 0.717) is 23.1 Å². The Morgan fingerprint density at radius 1 is 1.08 bits per heavy atom. The number of nitrogens with one attached hydrogen (secondary N) is 2. The van der Waals surface area contributed by atoms with E-state index < -0.39 is 39.6 Å². The summed E-state index contributed by atoms with van der Waals surface area (Å²) in [5.74, 6) is -4.08. The number of alkyl halides is 2. The number of carbonyl (C=O) groups excluding carboxylic acids is 2. The number of hydrogen-bond acceptors (Lipinski definition) is 2. The van der Waals surface area contributed by atoms with Crippen molar-refractivity contribution < 1.29 is 18.4 Å². The quantitative estimate of drug-likeness (QED) is 0.236. The van der Waals surface area contributed by atoms with Crippen LogP contribution in [0.5, 0.6) is 0 Å². The normalized spacial score (nSPS) is 18.8. The minimum atomic E-state index is -1.30. The lowest BCUT2D eigenvalue weighted by Crippen LogP contribution is -2.18. The summed E-state index contributed by atoms with van der Waals surface area (Å²) in [6.07, 6.45) is 6.88. The molecule has 36 heavy (non-hydrogen) atoms. The summed E-state index contributed by atoms with van der Waals surface area (Å²) in [7, 11) is 0. The summed E-state index contributed by atoms with van der Waals surface area (Å²) in [4.78, 5) is 25.5. The first-order valence-corrected chi connectivity index (χ1v) is 12.1. The van der Waals surface area contributed by atoms with Gasteiger partial charge in [0.1, 0.15) is 16.0 Å². The Kier molecular flexibility index (Phi) is 9.01. The van der Waals surface area contributed by atoms with Crippen LogP contribution in [0.25, 0.3) is 0 Å². The van der Waals surface area contributed by atoms with E-state index in [9.17, 15) is 18.4 Å². The summed E-state index contributed by atoms with van der Waals surface area (Å²) >= 11 is 25.1. The van der Waals surface area contributed by atoms with Crippen LogP contribution in [0.2, 0.25) is 5.02 Å². The summed E-state index contributed by atoms with van der Waals surface area (Å²) < 4.78 is 25.7. The minimum Gasteiger partial charge on any atom is -0.326 e. The molecule has 0 bridgehead atoms. The van der Waals surface area contributed by atoms with E-state index in [4.69, 9.17) is 46.4 Å². The molecule has 2 aromatic rings. The van der Waals surface area contributed by atoms with Gasteiger partial charge in [0.2, 0.25) is 5.91 Å². The maximum absolute atomic E-state index is 13.9. The smallest absolute Gasteiger partial charge is 0.257 e. The first-order valence-electron chi connectivity index (χ1n) is 10.5. The first-order chi connectivity index (χ1) is 17.0. The predicted molar refractivity (Wildman–Crippen MR) is 143 cm³/mol. The Labute approximate surface area is 227 Å². The van der Waals surface area contributed by atoms with Crippen molar-refractivity contribution in [1.82, 2.24) is 0 Å². The zero-order chi connectivity index (χ0) is 26.6. The molecule has 2 amide bonds. The average Bonchev–Trinajstić information content (AvgIpc) is 3.38. The molecule has 0 heterocycles. The van der Waals surface area contributed by atoms with E-state index in [1.807, 2.05) is 0 Å². The van der Waals surface area contributed by atoms with Gasteiger partial charge >= 0.3 is 0 Å². The van der Waals surface area contributed by atoms with Crippen LogP contribution >= 0.6 is 46.4 Å². The Morgan fingerprint density at radius 2 is 1.81 bits per heavy atom. The maximum Gasteiger partial charge on any atom is 0.257 e. The molecule has 0 saturated heterocycles. The lowest BCUT2D eigenvalue weighted by atomic mass is 10.1. The van der Waals surface area contributed by atoms with Crippen LogP contribution in [0.1, 0.15) is 16.8 Å². The van der Waals surface area contributed by atoms with E-state index in [-0.39, 0.29) is 22.0 Å². The Bertz CT molecular complexity index is 1290. The van der Waals surface area contributed by atoms with Gasteiger partial charge in [-0.05, 0) is 42.3 Å². The molecule has 1 saturated carbocycles. The fourth-order valence-corrected chi connectivity index (χ4v) is 4.78. The summed E-state index contributed by atoms with van der Waals surface area (Å²) in [5, 5.41) is 5.48. The van der Waals surface area contributed by atoms with Crippen molar-refractivity contribution in [2.45, 2.75) is 10.8 Å². The number of amides is 2. The molecule has 3 rings (SSSR count). The van der Waals surface area contributed by atoms with Crippen LogP contribution in [-0.2, 0) is 4.79 Å². The highest BCUT2D eigenvalue weighted by Gasteiger charge is 2.66. The summed E-state index contributed by atoms with van der Waals surface area (Å²) in [6, 6.07) is 6.94. The van der Waals surface area contributed by atoms with Gasteiger partial charge < -0.3 is 10.6 Å². The van der Waals surface area contributed by atoms with Crippen LogP contribution in [0, 0.1) is 23.5 Å². The summed E-state index contributed by atoms with van der Waals surface area (Å²) in [6.45, 7) is 7.31. The van der Waals surface area contributed by atoms with Gasteiger partial charge in [0.15, 0.2) is 0 Å². The highest BCUT2D eigenvalue weighted by atomic mass is 35.5. The molecule has 0 aliphatic heterocycles. The predicted octanol–water partition coefficient (Wildman–Crippen LogP) is 8.04. The van der Waals surface area contributed by atoms with Crippen molar-refractivity contribution >= 4 is 69.6 Å². The second kappa shape index (κ2) is 11.6. The molecule has 1 aliphatic carbocycles. The van der Waals surface area contributed by atoms with Crippen molar-refractivity contribution in [2.24, 2.45) is 11.8 Å². The van der Waals surface area contributed by atoms with Crippen LogP contribution in [0.3, 0.4) is 0 Å². The maximum atomic E-state index is 13.9. The molecule has 0 aromatic heterocycles. The first kappa shape index (κ1) is 27.9. The van der Waals surface area contributed by atoms with Gasteiger partial charge in [0, 0.05) is 22.7 Å². The number of halogens is 6. The number of rotatable bonds is 9. The minimum absolute atomic E-state index is 0.0331. The van der Waals surface area contributed by atoms with E-state index in [1.54, 1.807) is 24.3 Å². The van der Waals surface area contributed by atoms with Gasteiger partial charge in [-0.15, -0.1) is 23.2 Å². The molecular weight excluding hydrogens is 552 g/mol. The van der Waals surface area contributed by atoms with Crippen molar-refractivity contribution in [3.8, 4) is 0 Å². The Balaban J connectivity index is 1.71. The molecule has 10 heteroatoms. The SMILES string of the molecule is C=C/C=C(C=C)\C(Cl)=C/CC1C(C(=O)Nc2ccc(Cl)c(C(=O)Nc3ccc(F)cc3F)c2)C1(Cl)Cl. The molecule has 4 nitrogen and oxygen atoms in total. The molecule has 188 valence electrons. The van der Waals surface area contributed by atoms with Gasteiger partial charge in [-0.25, -0.2) is 8.78 Å². The summed E-state index contributed by atoms with van der Waals surface area (Å²) in [5.41, 5.74) is 0.654. The molecule has 0 radical (unpaired) electrons. The highest BCUT2D eigenvalue weighted by molar-refractivity contribution is 6.53. The lowest BCUT2D eigenvalue weighted by molar-refractivity contribution is -0.117. The number of hydrogen-bond donors (Lipinski definition) is 2. The molecule has 0 spiro atoms. The molecule has 1 aliphatic rings. The molecule has 2 atom stereocenters. The fourth-order valence-electron chi connectivity index (χ4n) is 3.54. The third-order valence-electron chi connectivity index (χ3n) is 5.49. The van der Waals surface area contributed by atoms with Gasteiger partial charge in [-0.3, -0.25) is 9.59 Å². The van der Waals surface area contributed by atoms with Crippen molar-refractivity contribution in [2.75, 3.05) is 10.6 Å². The average molecular weight is 572 g/mol. The van der Waals surface area contributed by atoms with E-state index in [2.05, 4.69) is 23.8 Å². The Morgan fingerprint density at radius 3 is 2.44 bits per heavy atom. The Hall–Kier alpha value is -2.64.